The second-order valence-electron chi connectivity index (χ2n) is 7.01. The van der Waals surface area contributed by atoms with E-state index in [1.807, 2.05) is 23.6 Å². The zero-order chi connectivity index (χ0) is 25.5. The highest BCUT2D eigenvalue weighted by Crippen LogP contribution is 2.39. The number of ether oxygens (including phenoxy) is 5. The van der Waals surface area contributed by atoms with Crippen molar-refractivity contribution in [2.75, 3.05) is 35.5 Å². The molecule has 0 unspecified atom stereocenters. The summed E-state index contributed by atoms with van der Waals surface area (Å²) >= 11 is 0.973. The Morgan fingerprint density at radius 2 is 1.43 bits per heavy atom. The van der Waals surface area contributed by atoms with Crippen LogP contribution in [-0.4, -0.2) is 61.4 Å². The number of hydrogen-bond donors (Lipinski definition) is 1. The summed E-state index contributed by atoms with van der Waals surface area (Å²) in [4.78, 5) is 12.2. The number of aromatic nitrogens is 3. The summed E-state index contributed by atoms with van der Waals surface area (Å²) < 4.78 is 28.7. The summed E-state index contributed by atoms with van der Waals surface area (Å²) in [6.45, 7) is 2.43. The van der Waals surface area contributed by atoms with Crippen LogP contribution >= 0.6 is 11.8 Å². The molecule has 35 heavy (non-hydrogen) atoms. The molecular weight excluding hydrogens is 474 g/mol. The molecule has 0 aliphatic heterocycles. The quantitative estimate of drug-likeness (QED) is 0.302. The van der Waals surface area contributed by atoms with E-state index in [9.17, 15) is 9.90 Å². The Hall–Kier alpha value is -3.86. The monoisotopic (exact) mass is 501 g/mol. The van der Waals surface area contributed by atoms with Crippen LogP contribution in [0.3, 0.4) is 0 Å². The minimum Gasteiger partial charge on any atom is -0.497 e. The van der Waals surface area contributed by atoms with Gasteiger partial charge in [-0.25, -0.2) is 4.79 Å². The number of thioether (sulfide) groups is 1. The second-order valence-corrected chi connectivity index (χ2v) is 8.02. The van der Waals surface area contributed by atoms with E-state index >= 15 is 0 Å². The van der Waals surface area contributed by atoms with Gasteiger partial charge in [-0.05, 0) is 36.9 Å². The van der Waals surface area contributed by atoms with Crippen LogP contribution in [0.2, 0.25) is 0 Å². The highest BCUT2D eigenvalue weighted by molar-refractivity contribution is 8.04. The molecule has 0 bridgehead atoms. The molecule has 3 rings (SSSR count). The van der Waals surface area contributed by atoms with Gasteiger partial charge in [0.1, 0.15) is 33.7 Å². The SMILES string of the molecule is CCn1c(S/C(=C\c2c(OC)cc(OC)cc2OC)C(=O)O)nnc1-c1cc(OC)cc(OC)c1. The predicted octanol–water partition coefficient (Wildman–Crippen LogP) is 4.23. The average molecular weight is 502 g/mol. The standard InChI is InChI=1S/C24H27N3O7S/c1-7-27-22(14-8-15(30-2)10-16(9-14)31-3)25-26-24(27)35-21(23(28)29)13-18-19(33-5)11-17(32-4)12-20(18)34-6/h8-13H,7H2,1-6H3,(H,28,29)/b21-13-. The van der Waals surface area contributed by atoms with Crippen LogP contribution < -0.4 is 23.7 Å². The molecule has 0 aliphatic rings. The Balaban J connectivity index is 2.07. The molecular formula is C24H27N3O7S. The topological polar surface area (TPSA) is 114 Å². The van der Waals surface area contributed by atoms with Crippen molar-refractivity contribution in [3.05, 3.63) is 40.8 Å². The van der Waals surface area contributed by atoms with Crippen molar-refractivity contribution in [2.24, 2.45) is 0 Å². The van der Waals surface area contributed by atoms with E-state index in [0.29, 0.717) is 51.8 Å². The summed E-state index contributed by atoms with van der Waals surface area (Å²) in [6.07, 6.45) is 1.48. The molecule has 10 nitrogen and oxygen atoms in total. The first-order valence-electron chi connectivity index (χ1n) is 10.5. The van der Waals surface area contributed by atoms with Crippen molar-refractivity contribution in [1.29, 1.82) is 0 Å². The molecule has 3 aromatic rings. The van der Waals surface area contributed by atoms with Crippen molar-refractivity contribution < 1.29 is 33.6 Å². The smallest absolute Gasteiger partial charge is 0.342 e. The van der Waals surface area contributed by atoms with Gasteiger partial charge in [0.15, 0.2) is 11.0 Å². The molecule has 0 amide bonds. The Morgan fingerprint density at radius 1 is 0.886 bits per heavy atom. The Labute approximate surface area is 207 Å². The maximum Gasteiger partial charge on any atom is 0.342 e. The first-order valence-corrected chi connectivity index (χ1v) is 11.3. The van der Waals surface area contributed by atoms with Gasteiger partial charge in [-0.2, -0.15) is 0 Å². The molecule has 0 saturated carbocycles. The van der Waals surface area contributed by atoms with E-state index in [4.69, 9.17) is 23.7 Å². The molecule has 0 aliphatic carbocycles. The first kappa shape index (κ1) is 25.8. The van der Waals surface area contributed by atoms with Crippen molar-refractivity contribution in [3.8, 4) is 40.1 Å². The maximum absolute atomic E-state index is 12.2. The van der Waals surface area contributed by atoms with Crippen molar-refractivity contribution >= 4 is 23.8 Å². The minimum absolute atomic E-state index is 0.00337. The number of carboxylic acids is 1. The normalized spacial score (nSPS) is 11.2. The van der Waals surface area contributed by atoms with Crippen LogP contribution in [0.5, 0.6) is 28.7 Å². The Morgan fingerprint density at radius 3 is 1.89 bits per heavy atom. The number of hydrogen-bond acceptors (Lipinski definition) is 9. The third-order valence-corrected chi connectivity index (χ3v) is 6.08. The molecule has 11 heteroatoms. The van der Waals surface area contributed by atoms with Crippen LogP contribution in [0.1, 0.15) is 12.5 Å². The third-order valence-electron chi connectivity index (χ3n) is 5.08. The lowest BCUT2D eigenvalue weighted by molar-refractivity contribution is -0.131. The molecule has 0 spiro atoms. The maximum atomic E-state index is 12.2. The van der Waals surface area contributed by atoms with Gasteiger partial charge in [0, 0.05) is 30.3 Å². The fraction of sp³-hybridized carbons (Fsp3) is 0.292. The zero-order valence-corrected chi connectivity index (χ0v) is 21.1. The largest absolute Gasteiger partial charge is 0.497 e. The van der Waals surface area contributed by atoms with Gasteiger partial charge in [0.05, 0.1) is 41.1 Å². The molecule has 0 atom stereocenters. The Bertz CT molecular complexity index is 1190. The van der Waals surface area contributed by atoms with Crippen molar-refractivity contribution in [3.63, 3.8) is 0 Å². The molecule has 2 aromatic carbocycles. The van der Waals surface area contributed by atoms with Crippen molar-refractivity contribution in [2.45, 2.75) is 18.6 Å². The van der Waals surface area contributed by atoms with E-state index < -0.39 is 5.97 Å². The average Bonchev–Trinajstić information content (AvgIpc) is 3.30. The Kier molecular flexibility index (Phi) is 8.48. The fourth-order valence-electron chi connectivity index (χ4n) is 3.34. The lowest BCUT2D eigenvalue weighted by Gasteiger charge is -2.13. The van der Waals surface area contributed by atoms with Crippen LogP contribution in [0.15, 0.2) is 40.4 Å². The number of aliphatic carboxylic acids is 1. The van der Waals surface area contributed by atoms with Gasteiger partial charge in [-0.3, -0.25) is 0 Å². The number of benzene rings is 2. The highest BCUT2D eigenvalue weighted by atomic mass is 32.2. The van der Waals surface area contributed by atoms with Gasteiger partial charge in [0.2, 0.25) is 0 Å². The lowest BCUT2D eigenvalue weighted by Crippen LogP contribution is -2.03. The minimum atomic E-state index is -1.13. The number of carbonyl (C=O) groups is 1. The van der Waals surface area contributed by atoms with Crippen LogP contribution in [-0.2, 0) is 11.3 Å². The van der Waals surface area contributed by atoms with Crippen LogP contribution in [0, 0.1) is 0 Å². The van der Waals surface area contributed by atoms with Gasteiger partial charge in [-0.15, -0.1) is 10.2 Å². The summed E-state index contributed by atoms with van der Waals surface area (Å²) in [5, 5.41) is 18.9. The van der Waals surface area contributed by atoms with Crippen LogP contribution in [0.25, 0.3) is 17.5 Å². The van der Waals surface area contributed by atoms with Gasteiger partial charge in [-0.1, -0.05) is 0 Å². The van der Waals surface area contributed by atoms with E-state index in [1.165, 1.54) is 27.4 Å². The number of methoxy groups -OCH3 is 5. The molecule has 0 fully saturated rings. The number of nitrogens with zero attached hydrogens (tertiary/aromatic N) is 3. The van der Waals surface area contributed by atoms with E-state index in [2.05, 4.69) is 10.2 Å². The van der Waals surface area contributed by atoms with Gasteiger partial charge in [0.25, 0.3) is 0 Å². The summed E-state index contributed by atoms with van der Waals surface area (Å²) in [7, 11) is 7.63. The third kappa shape index (κ3) is 5.62. The summed E-state index contributed by atoms with van der Waals surface area (Å²) in [5.74, 6) is 1.95. The van der Waals surface area contributed by atoms with E-state index in [-0.39, 0.29) is 4.91 Å². The number of carboxylic acid groups (broad SMARTS) is 1. The molecule has 0 radical (unpaired) electrons. The fourth-order valence-corrected chi connectivity index (χ4v) is 4.21. The zero-order valence-electron chi connectivity index (χ0n) is 20.3. The first-order chi connectivity index (χ1) is 16.9. The molecule has 1 aromatic heterocycles. The number of rotatable bonds is 11. The van der Waals surface area contributed by atoms with Crippen molar-refractivity contribution in [1.82, 2.24) is 14.8 Å². The van der Waals surface area contributed by atoms with Crippen LogP contribution in [0.4, 0.5) is 0 Å². The van der Waals surface area contributed by atoms with Gasteiger partial charge >= 0.3 is 5.97 Å². The summed E-state index contributed by atoms with van der Waals surface area (Å²) in [6, 6.07) is 8.69. The molecule has 1 heterocycles. The molecule has 186 valence electrons. The van der Waals surface area contributed by atoms with E-state index in [1.54, 1.807) is 32.4 Å². The van der Waals surface area contributed by atoms with Gasteiger partial charge < -0.3 is 33.4 Å². The van der Waals surface area contributed by atoms with E-state index in [0.717, 1.165) is 17.3 Å². The predicted molar refractivity (Wildman–Crippen MR) is 132 cm³/mol. The second kappa shape index (κ2) is 11.5. The highest BCUT2D eigenvalue weighted by Gasteiger charge is 2.21. The summed E-state index contributed by atoms with van der Waals surface area (Å²) in [5.41, 5.74) is 1.18. The molecule has 0 saturated heterocycles. The molecule has 1 N–H and O–H groups in total. The lowest BCUT2D eigenvalue weighted by atomic mass is 10.1.